The highest BCUT2D eigenvalue weighted by molar-refractivity contribution is 5.34. The first-order valence-electron chi connectivity index (χ1n) is 6.03. The Hall–Kier alpha value is -0.850. The molecule has 0 aliphatic carbocycles. The predicted octanol–water partition coefficient (Wildman–Crippen LogP) is 3.18. The number of hydrogen-bond acceptors (Lipinski definition) is 0. The maximum atomic E-state index is 2.44. The normalized spacial score (nSPS) is 10.8. The second kappa shape index (κ2) is 4.78. The Morgan fingerprint density at radius 1 is 0.867 bits per heavy atom. The molecule has 1 heterocycles. The molecule has 0 aliphatic rings. The van der Waals surface area contributed by atoms with Crippen molar-refractivity contribution < 1.29 is 4.57 Å². The zero-order chi connectivity index (χ0) is 11.6. The van der Waals surface area contributed by atoms with Gasteiger partial charge in [-0.05, 0) is 32.8 Å². The summed E-state index contributed by atoms with van der Waals surface area (Å²) in [5.41, 5.74) is 7.40. The minimum atomic E-state index is 1.08. The van der Waals surface area contributed by atoms with Crippen LogP contribution in [0.3, 0.4) is 0 Å². The average molecular weight is 206 g/mol. The van der Waals surface area contributed by atoms with Crippen LogP contribution < -0.4 is 4.57 Å². The Morgan fingerprint density at radius 2 is 1.47 bits per heavy atom. The topological polar surface area (TPSA) is 3.88 Å². The second-order valence-corrected chi connectivity index (χ2v) is 4.39. The van der Waals surface area contributed by atoms with E-state index in [1.807, 2.05) is 0 Å². The Kier molecular flexibility index (Phi) is 3.90. The molecule has 0 bridgehead atoms. The lowest BCUT2D eigenvalue weighted by atomic mass is 9.97. The van der Waals surface area contributed by atoms with Crippen molar-refractivity contribution >= 4 is 0 Å². The van der Waals surface area contributed by atoms with Gasteiger partial charge >= 0.3 is 0 Å². The summed E-state index contributed by atoms with van der Waals surface area (Å²) in [6, 6.07) is 0. The molecule has 15 heavy (non-hydrogen) atoms. The van der Waals surface area contributed by atoms with Gasteiger partial charge in [-0.2, -0.15) is 0 Å². The van der Waals surface area contributed by atoms with E-state index < -0.39 is 0 Å². The minimum Gasteiger partial charge on any atom is -0.200 e. The monoisotopic (exact) mass is 206 g/mol. The number of nitrogens with zero attached hydrogens (tertiary/aromatic N) is 1. The Morgan fingerprint density at radius 3 is 1.93 bits per heavy atom. The standard InChI is InChI=1S/C14H24N/c1-7-9-14-11(4)10(3)12(5)15(8-2)13(14)6/h7-9H2,1-6H3/q+1. The fourth-order valence-electron chi connectivity index (χ4n) is 2.48. The van der Waals surface area contributed by atoms with Gasteiger partial charge in [0.25, 0.3) is 0 Å². The van der Waals surface area contributed by atoms with Gasteiger partial charge < -0.3 is 0 Å². The lowest BCUT2D eigenvalue weighted by Gasteiger charge is -2.13. The molecule has 0 saturated heterocycles. The van der Waals surface area contributed by atoms with Crippen molar-refractivity contribution in [2.45, 2.75) is 60.9 Å². The molecule has 1 heteroatoms. The molecule has 0 aliphatic heterocycles. The van der Waals surface area contributed by atoms with Crippen molar-refractivity contribution in [1.82, 2.24) is 0 Å². The molecular formula is C14H24N+. The molecule has 0 N–H and O–H groups in total. The van der Waals surface area contributed by atoms with Crippen LogP contribution in [-0.2, 0) is 13.0 Å². The van der Waals surface area contributed by atoms with E-state index in [0.717, 1.165) is 6.54 Å². The van der Waals surface area contributed by atoms with Gasteiger partial charge in [0.2, 0.25) is 0 Å². The Bertz CT molecular complexity index is 364. The van der Waals surface area contributed by atoms with Crippen LogP contribution in [0.2, 0.25) is 0 Å². The fourth-order valence-corrected chi connectivity index (χ4v) is 2.48. The SMILES string of the molecule is CCCc1c(C)c(C)c(C)[n+](CC)c1C. The van der Waals surface area contributed by atoms with Gasteiger partial charge in [-0.15, -0.1) is 0 Å². The fraction of sp³-hybridized carbons (Fsp3) is 0.643. The summed E-state index contributed by atoms with van der Waals surface area (Å²) in [6.45, 7) is 14.6. The third-order valence-corrected chi connectivity index (χ3v) is 3.62. The van der Waals surface area contributed by atoms with Crippen LogP contribution in [0.15, 0.2) is 0 Å². The number of rotatable bonds is 3. The zero-order valence-electron chi connectivity index (χ0n) is 11.1. The van der Waals surface area contributed by atoms with Gasteiger partial charge in [0.15, 0.2) is 11.4 Å². The van der Waals surface area contributed by atoms with Crippen molar-refractivity contribution in [3.63, 3.8) is 0 Å². The van der Waals surface area contributed by atoms with Crippen LogP contribution in [0.5, 0.6) is 0 Å². The summed E-state index contributed by atoms with van der Waals surface area (Å²) in [6.07, 6.45) is 2.44. The first-order chi connectivity index (χ1) is 7.04. The van der Waals surface area contributed by atoms with E-state index in [9.17, 15) is 0 Å². The minimum absolute atomic E-state index is 1.08. The van der Waals surface area contributed by atoms with Crippen molar-refractivity contribution in [3.05, 3.63) is 28.1 Å². The van der Waals surface area contributed by atoms with E-state index in [4.69, 9.17) is 0 Å². The molecule has 1 rings (SSSR count). The highest BCUT2D eigenvalue weighted by Crippen LogP contribution is 2.18. The average Bonchev–Trinajstić information content (AvgIpc) is 2.22. The van der Waals surface area contributed by atoms with E-state index in [1.165, 1.54) is 35.4 Å². The molecule has 0 spiro atoms. The number of hydrogen-bond donors (Lipinski definition) is 0. The first kappa shape index (κ1) is 12.2. The van der Waals surface area contributed by atoms with Crippen LogP contribution in [0, 0.1) is 27.7 Å². The number of aromatic nitrogens is 1. The van der Waals surface area contributed by atoms with E-state index in [2.05, 4.69) is 46.1 Å². The van der Waals surface area contributed by atoms with Crippen LogP contribution in [0.4, 0.5) is 0 Å². The third kappa shape index (κ3) is 2.06. The van der Waals surface area contributed by atoms with Gasteiger partial charge in [0, 0.05) is 25.0 Å². The van der Waals surface area contributed by atoms with E-state index in [0.29, 0.717) is 0 Å². The summed E-state index contributed by atoms with van der Waals surface area (Å²) in [4.78, 5) is 0. The molecule has 0 saturated carbocycles. The van der Waals surface area contributed by atoms with Crippen LogP contribution >= 0.6 is 0 Å². The van der Waals surface area contributed by atoms with Crippen molar-refractivity contribution in [2.24, 2.45) is 0 Å². The van der Waals surface area contributed by atoms with Crippen LogP contribution in [0.25, 0.3) is 0 Å². The number of pyridine rings is 1. The molecule has 1 nitrogen and oxygen atoms in total. The summed E-state index contributed by atoms with van der Waals surface area (Å²) in [7, 11) is 0. The maximum absolute atomic E-state index is 2.44. The van der Waals surface area contributed by atoms with Crippen LogP contribution in [0.1, 0.15) is 48.3 Å². The largest absolute Gasteiger partial charge is 0.200 e. The summed E-state index contributed by atoms with van der Waals surface area (Å²) in [5, 5.41) is 0. The highest BCUT2D eigenvalue weighted by atomic mass is 15.0. The molecule has 0 aromatic carbocycles. The molecule has 1 aromatic rings. The van der Waals surface area contributed by atoms with Gasteiger partial charge in [-0.1, -0.05) is 13.3 Å². The van der Waals surface area contributed by atoms with Gasteiger partial charge in [0.1, 0.15) is 6.54 Å². The van der Waals surface area contributed by atoms with E-state index >= 15 is 0 Å². The molecule has 0 amide bonds. The zero-order valence-corrected chi connectivity index (χ0v) is 11.1. The Balaban J connectivity index is 3.45. The smallest absolute Gasteiger partial charge is 0.181 e. The van der Waals surface area contributed by atoms with Gasteiger partial charge in [-0.25, -0.2) is 4.57 Å². The molecule has 0 radical (unpaired) electrons. The van der Waals surface area contributed by atoms with Crippen molar-refractivity contribution in [1.29, 1.82) is 0 Å². The summed E-state index contributed by atoms with van der Waals surface area (Å²) < 4.78 is 2.44. The highest BCUT2D eigenvalue weighted by Gasteiger charge is 2.19. The first-order valence-corrected chi connectivity index (χ1v) is 6.03. The molecule has 84 valence electrons. The molecule has 0 fully saturated rings. The van der Waals surface area contributed by atoms with Crippen molar-refractivity contribution in [2.75, 3.05) is 0 Å². The molecule has 1 aromatic heterocycles. The van der Waals surface area contributed by atoms with Crippen molar-refractivity contribution in [3.8, 4) is 0 Å². The van der Waals surface area contributed by atoms with Gasteiger partial charge in [-0.3, -0.25) is 0 Å². The predicted molar refractivity (Wildman–Crippen MR) is 65.3 cm³/mol. The van der Waals surface area contributed by atoms with Crippen LogP contribution in [-0.4, -0.2) is 0 Å². The second-order valence-electron chi connectivity index (χ2n) is 4.39. The summed E-state index contributed by atoms with van der Waals surface area (Å²) in [5.74, 6) is 0. The molecule has 0 atom stereocenters. The lowest BCUT2D eigenvalue weighted by Crippen LogP contribution is -2.41. The third-order valence-electron chi connectivity index (χ3n) is 3.62. The lowest BCUT2D eigenvalue weighted by molar-refractivity contribution is -0.706. The molecule has 0 unspecified atom stereocenters. The van der Waals surface area contributed by atoms with E-state index in [1.54, 1.807) is 5.56 Å². The summed E-state index contributed by atoms with van der Waals surface area (Å²) >= 11 is 0. The maximum Gasteiger partial charge on any atom is 0.181 e. The quantitative estimate of drug-likeness (QED) is 0.669. The van der Waals surface area contributed by atoms with E-state index in [-0.39, 0.29) is 0 Å². The Labute approximate surface area is 94.1 Å². The van der Waals surface area contributed by atoms with Gasteiger partial charge in [0.05, 0.1) is 0 Å². The molecular weight excluding hydrogens is 182 g/mol.